The Bertz CT molecular complexity index is 726. The van der Waals surface area contributed by atoms with Crippen molar-refractivity contribution in [1.82, 2.24) is 9.80 Å². The molecule has 0 N–H and O–H groups in total. The highest BCUT2D eigenvalue weighted by atomic mass is 16.5. The fourth-order valence-electron chi connectivity index (χ4n) is 4.18. The Morgan fingerprint density at radius 3 is 2.38 bits per heavy atom. The van der Waals surface area contributed by atoms with Crippen LogP contribution in [-0.4, -0.2) is 42.1 Å². The van der Waals surface area contributed by atoms with E-state index in [-0.39, 0.29) is 0 Å². The molecule has 0 aromatic heterocycles. The Hall–Kier alpha value is -2.10. The van der Waals surface area contributed by atoms with Crippen LogP contribution in [0.3, 0.4) is 0 Å². The number of hydrogen-bond donors (Lipinski definition) is 0. The highest BCUT2D eigenvalue weighted by molar-refractivity contribution is 5.27. The second kappa shape index (κ2) is 8.07. The van der Waals surface area contributed by atoms with E-state index < -0.39 is 0 Å². The van der Waals surface area contributed by atoms with Crippen LogP contribution >= 0.6 is 0 Å². The van der Waals surface area contributed by atoms with E-state index in [2.05, 4.69) is 76.5 Å². The minimum atomic E-state index is 0.498. The molecule has 0 spiro atoms. The molecule has 5 rings (SSSR count). The van der Waals surface area contributed by atoms with E-state index in [1.807, 2.05) is 0 Å². The number of hydrogen-bond acceptors (Lipinski definition) is 3. The molecule has 0 radical (unpaired) electrons. The van der Waals surface area contributed by atoms with E-state index in [1.165, 1.54) is 24.0 Å². The van der Waals surface area contributed by atoms with Gasteiger partial charge in [-0.25, -0.2) is 0 Å². The maximum Gasteiger partial charge on any atom is 0.118 e. The summed E-state index contributed by atoms with van der Waals surface area (Å²) >= 11 is 0. The molecule has 136 valence electrons. The molecule has 26 heavy (non-hydrogen) atoms. The largest absolute Gasteiger partial charge is 0.497 e. The lowest BCUT2D eigenvalue weighted by atomic mass is 9.96. The van der Waals surface area contributed by atoms with Gasteiger partial charge in [-0.2, -0.15) is 0 Å². The molecule has 1 fully saturated rings. The molecule has 2 aromatic rings. The minimum Gasteiger partial charge on any atom is -0.497 e. The highest BCUT2D eigenvalue weighted by Gasteiger charge is 2.33. The third kappa shape index (κ3) is 4.00. The van der Waals surface area contributed by atoms with Crippen LogP contribution in [0.2, 0.25) is 0 Å². The fraction of sp³-hybridized carbons (Fsp3) is 0.391. The summed E-state index contributed by atoms with van der Waals surface area (Å²) in [4.78, 5) is 5.33. The fourth-order valence-corrected chi connectivity index (χ4v) is 4.18. The molecule has 0 saturated carbocycles. The van der Waals surface area contributed by atoms with Crippen molar-refractivity contribution in [3.63, 3.8) is 0 Å². The van der Waals surface area contributed by atoms with E-state index in [0.29, 0.717) is 12.1 Å². The first-order chi connectivity index (χ1) is 12.8. The first-order valence-corrected chi connectivity index (χ1v) is 9.63. The molecular weight excluding hydrogens is 320 g/mol. The van der Waals surface area contributed by atoms with Gasteiger partial charge < -0.3 is 4.74 Å². The Morgan fingerprint density at radius 2 is 1.62 bits per heavy atom. The molecular formula is C23H28N2O. The SMILES string of the molecule is COc1ccc(CN2C[C@@H]3CC/C=C\[C@H]2CN3Cc2ccccc2)cc1. The van der Waals surface area contributed by atoms with Gasteiger partial charge in [0.15, 0.2) is 0 Å². The van der Waals surface area contributed by atoms with Gasteiger partial charge >= 0.3 is 0 Å². The van der Waals surface area contributed by atoms with Crippen molar-refractivity contribution >= 4 is 0 Å². The van der Waals surface area contributed by atoms with Gasteiger partial charge in [0.25, 0.3) is 0 Å². The minimum absolute atomic E-state index is 0.498. The van der Waals surface area contributed by atoms with Crippen molar-refractivity contribution in [2.75, 3.05) is 20.2 Å². The number of rotatable bonds is 5. The lowest BCUT2D eigenvalue weighted by Crippen LogP contribution is -2.57. The van der Waals surface area contributed by atoms with Gasteiger partial charge in [0, 0.05) is 38.3 Å². The van der Waals surface area contributed by atoms with Gasteiger partial charge in [-0.05, 0) is 36.1 Å². The number of ether oxygens (including phenoxy) is 1. The summed E-state index contributed by atoms with van der Waals surface area (Å²) in [7, 11) is 1.72. The summed E-state index contributed by atoms with van der Waals surface area (Å²) < 4.78 is 5.28. The zero-order chi connectivity index (χ0) is 17.8. The maximum absolute atomic E-state index is 5.28. The van der Waals surface area contributed by atoms with Crippen molar-refractivity contribution in [1.29, 1.82) is 0 Å². The van der Waals surface area contributed by atoms with E-state index in [0.717, 1.165) is 31.9 Å². The molecule has 3 aliphatic heterocycles. The standard InChI is InChI=1S/C23H28N2O/c1-26-23-13-11-20(12-14-23)16-25-18-21-9-5-6-10-22(25)17-24(21)15-19-7-3-2-4-8-19/h2-4,6-8,10-14,21-22H,5,9,15-18H2,1H3/b10-6-/t21-,22-/m0/s1. The first kappa shape index (κ1) is 17.3. The van der Waals surface area contributed by atoms with Crippen LogP contribution in [0.25, 0.3) is 0 Å². The quantitative estimate of drug-likeness (QED) is 0.757. The normalized spacial score (nSPS) is 24.8. The number of fused-ring (bicyclic) bond motifs is 4. The Balaban J connectivity index is 1.47. The summed E-state index contributed by atoms with van der Waals surface area (Å²) in [6, 6.07) is 20.5. The average molecular weight is 348 g/mol. The molecule has 0 amide bonds. The highest BCUT2D eigenvalue weighted by Crippen LogP contribution is 2.26. The number of nitrogens with zero attached hydrogens (tertiary/aromatic N) is 2. The van der Waals surface area contributed by atoms with Crippen LogP contribution in [-0.2, 0) is 13.1 Å². The number of allylic oxidation sites excluding steroid dienone is 1. The zero-order valence-corrected chi connectivity index (χ0v) is 15.6. The van der Waals surface area contributed by atoms with Gasteiger partial charge in [0.1, 0.15) is 5.75 Å². The predicted molar refractivity (Wildman–Crippen MR) is 106 cm³/mol. The molecule has 3 heteroatoms. The number of piperazine rings is 1. The van der Waals surface area contributed by atoms with Crippen LogP contribution in [0.4, 0.5) is 0 Å². The van der Waals surface area contributed by atoms with E-state index in [9.17, 15) is 0 Å². The van der Waals surface area contributed by atoms with Gasteiger partial charge in [0.05, 0.1) is 7.11 Å². The van der Waals surface area contributed by atoms with Crippen molar-refractivity contribution in [3.05, 3.63) is 77.9 Å². The molecule has 2 atom stereocenters. The monoisotopic (exact) mass is 348 g/mol. The summed E-state index contributed by atoms with van der Waals surface area (Å²) in [5, 5.41) is 0. The van der Waals surface area contributed by atoms with Crippen molar-refractivity contribution in [2.24, 2.45) is 0 Å². The first-order valence-electron chi connectivity index (χ1n) is 9.63. The second-order valence-electron chi connectivity index (χ2n) is 7.42. The van der Waals surface area contributed by atoms with Crippen molar-refractivity contribution < 1.29 is 4.74 Å². The molecule has 3 heterocycles. The second-order valence-corrected chi connectivity index (χ2v) is 7.42. The molecule has 2 bridgehead atoms. The summed E-state index contributed by atoms with van der Waals surface area (Å²) in [6.45, 7) is 4.33. The van der Waals surface area contributed by atoms with E-state index in [4.69, 9.17) is 4.74 Å². The van der Waals surface area contributed by atoms with Gasteiger partial charge in [0.2, 0.25) is 0 Å². The zero-order valence-electron chi connectivity index (χ0n) is 15.6. The molecule has 3 aliphatic rings. The Morgan fingerprint density at radius 1 is 0.885 bits per heavy atom. The van der Waals surface area contributed by atoms with Crippen molar-refractivity contribution in [2.45, 2.75) is 38.0 Å². The van der Waals surface area contributed by atoms with Crippen LogP contribution in [0.5, 0.6) is 5.75 Å². The lowest BCUT2D eigenvalue weighted by molar-refractivity contribution is 0.0295. The van der Waals surface area contributed by atoms with Gasteiger partial charge in [-0.3, -0.25) is 9.80 Å². The van der Waals surface area contributed by atoms with Gasteiger partial charge in [-0.1, -0.05) is 54.6 Å². The third-order valence-corrected chi connectivity index (χ3v) is 5.65. The number of methoxy groups -OCH3 is 1. The lowest BCUT2D eigenvalue weighted by Gasteiger charge is -2.47. The maximum atomic E-state index is 5.28. The van der Waals surface area contributed by atoms with Crippen LogP contribution < -0.4 is 4.74 Å². The Kier molecular flexibility index (Phi) is 5.37. The summed E-state index contributed by atoms with van der Waals surface area (Å²) in [6.07, 6.45) is 7.26. The molecule has 2 aromatic carbocycles. The van der Waals surface area contributed by atoms with Gasteiger partial charge in [-0.15, -0.1) is 0 Å². The van der Waals surface area contributed by atoms with E-state index >= 15 is 0 Å². The third-order valence-electron chi connectivity index (χ3n) is 5.65. The topological polar surface area (TPSA) is 15.7 Å². The number of benzene rings is 2. The average Bonchev–Trinajstić information content (AvgIpc) is 2.66. The molecule has 0 unspecified atom stereocenters. The smallest absolute Gasteiger partial charge is 0.118 e. The Labute approximate surface area is 156 Å². The molecule has 0 aliphatic carbocycles. The molecule has 1 saturated heterocycles. The summed E-state index contributed by atoms with van der Waals surface area (Å²) in [5.74, 6) is 0.928. The van der Waals surface area contributed by atoms with Crippen molar-refractivity contribution in [3.8, 4) is 5.75 Å². The molecule has 3 nitrogen and oxygen atoms in total. The van der Waals surface area contributed by atoms with Crippen LogP contribution in [0, 0.1) is 0 Å². The summed E-state index contributed by atoms with van der Waals surface area (Å²) in [5.41, 5.74) is 2.78. The van der Waals surface area contributed by atoms with E-state index in [1.54, 1.807) is 7.11 Å². The van der Waals surface area contributed by atoms with Crippen LogP contribution in [0.15, 0.2) is 66.7 Å². The predicted octanol–water partition coefficient (Wildman–Crippen LogP) is 4.10. The van der Waals surface area contributed by atoms with Crippen LogP contribution in [0.1, 0.15) is 24.0 Å².